The number of benzene rings is 1. The van der Waals surface area contributed by atoms with Gasteiger partial charge in [-0.3, -0.25) is 4.79 Å². The van der Waals surface area contributed by atoms with Crippen molar-refractivity contribution >= 4 is 29.3 Å². The summed E-state index contributed by atoms with van der Waals surface area (Å²) in [6.45, 7) is 0. The third-order valence-electron chi connectivity index (χ3n) is 1.63. The summed E-state index contributed by atoms with van der Waals surface area (Å²) in [7, 11) is 0. The Bertz CT molecular complexity index is 280. The summed E-state index contributed by atoms with van der Waals surface area (Å²) in [5, 5.41) is 0. The van der Waals surface area contributed by atoms with Crippen molar-refractivity contribution in [3.63, 3.8) is 0 Å². The molecule has 2 rings (SSSR count). The first kappa shape index (κ1) is 8.20. The highest BCUT2D eigenvalue weighted by atomic mass is 32.2. The monoisotopic (exact) mass is 196 g/mol. The average Bonchev–Trinajstić information content (AvgIpc) is 2.29. The molecule has 0 atom stereocenters. The van der Waals surface area contributed by atoms with Crippen molar-refractivity contribution in [2.45, 2.75) is 9.79 Å². The lowest BCUT2D eigenvalue weighted by atomic mass is 10.4. The molecule has 0 aromatic heterocycles. The predicted molar refractivity (Wildman–Crippen MR) is 52.9 cm³/mol. The van der Waals surface area contributed by atoms with Gasteiger partial charge in [0.15, 0.2) is 5.78 Å². The second-order valence-electron chi connectivity index (χ2n) is 2.56. The standard InChI is InChI=1S/C9H8OS2/c10-7-5-11-8-3-1-2-4-9(8)12-6-7/h1-4H,5-6H2. The van der Waals surface area contributed by atoms with Gasteiger partial charge in [-0.1, -0.05) is 12.1 Å². The number of hydrogen-bond acceptors (Lipinski definition) is 3. The van der Waals surface area contributed by atoms with E-state index in [0.717, 1.165) is 0 Å². The Morgan fingerprint density at radius 3 is 2.00 bits per heavy atom. The zero-order valence-electron chi connectivity index (χ0n) is 6.45. The molecule has 0 spiro atoms. The number of fused-ring (bicyclic) bond motifs is 1. The molecular weight excluding hydrogens is 188 g/mol. The van der Waals surface area contributed by atoms with Crippen LogP contribution in [0.25, 0.3) is 0 Å². The normalized spacial score (nSPS) is 16.8. The number of rotatable bonds is 0. The first-order chi connectivity index (χ1) is 5.86. The maximum atomic E-state index is 11.1. The minimum atomic E-state index is 0.334. The summed E-state index contributed by atoms with van der Waals surface area (Å²) in [5.41, 5.74) is 0. The van der Waals surface area contributed by atoms with E-state index < -0.39 is 0 Å². The van der Waals surface area contributed by atoms with Gasteiger partial charge in [0.1, 0.15) is 0 Å². The molecule has 0 unspecified atom stereocenters. The van der Waals surface area contributed by atoms with Crippen LogP contribution in [0.2, 0.25) is 0 Å². The van der Waals surface area contributed by atoms with E-state index in [4.69, 9.17) is 0 Å². The van der Waals surface area contributed by atoms with E-state index in [1.165, 1.54) is 9.79 Å². The summed E-state index contributed by atoms with van der Waals surface area (Å²) in [6.07, 6.45) is 0. The van der Waals surface area contributed by atoms with Crippen LogP contribution in [0.3, 0.4) is 0 Å². The van der Waals surface area contributed by atoms with Gasteiger partial charge < -0.3 is 0 Å². The Morgan fingerprint density at radius 1 is 1.00 bits per heavy atom. The number of Topliss-reactive ketones (excluding diaryl/α,β-unsaturated/α-hetero) is 1. The Labute approximate surface area is 79.9 Å². The van der Waals surface area contributed by atoms with Crippen LogP contribution in [0.5, 0.6) is 0 Å². The van der Waals surface area contributed by atoms with Gasteiger partial charge in [0.05, 0.1) is 11.5 Å². The maximum absolute atomic E-state index is 11.1. The summed E-state index contributed by atoms with van der Waals surface area (Å²) in [4.78, 5) is 13.6. The fourth-order valence-corrected chi connectivity index (χ4v) is 3.14. The fourth-order valence-electron chi connectivity index (χ4n) is 1.05. The van der Waals surface area contributed by atoms with E-state index in [0.29, 0.717) is 17.3 Å². The molecule has 12 heavy (non-hydrogen) atoms. The minimum absolute atomic E-state index is 0.334. The van der Waals surface area contributed by atoms with Crippen LogP contribution >= 0.6 is 23.5 Å². The lowest BCUT2D eigenvalue weighted by Crippen LogP contribution is -2.01. The van der Waals surface area contributed by atoms with Gasteiger partial charge in [-0.2, -0.15) is 0 Å². The van der Waals surface area contributed by atoms with Gasteiger partial charge in [-0.15, -0.1) is 23.5 Å². The van der Waals surface area contributed by atoms with Gasteiger partial charge in [0.25, 0.3) is 0 Å². The molecule has 0 radical (unpaired) electrons. The van der Waals surface area contributed by atoms with E-state index in [1.807, 2.05) is 12.1 Å². The summed E-state index contributed by atoms with van der Waals surface area (Å²) < 4.78 is 0. The van der Waals surface area contributed by atoms with E-state index in [9.17, 15) is 4.79 Å². The smallest absolute Gasteiger partial charge is 0.153 e. The first-order valence-corrected chi connectivity index (χ1v) is 5.70. The van der Waals surface area contributed by atoms with Crippen LogP contribution in [-0.2, 0) is 4.79 Å². The largest absolute Gasteiger partial charge is 0.298 e. The molecule has 1 heterocycles. The third-order valence-corrected chi connectivity index (χ3v) is 4.02. The molecule has 0 saturated heterocycles. The molecule has 62 valence electrons. The van der Waals surface area contributed by atoms with Crippen LogP contribution < -0.4 is 0 Å². The van der Waals surface area contributed by atoms with Crippen LogP contribution in [-0.4, -0.2) is 17.3 Å². The summed E-state index contributed by atoms with van der Waals surface area (Å²) in [5.74, 6) is 1.59. The van der Waals surface area contributed by atoms with Gasteiger partial charge in [-0.05, 0) is 12.1 Å². The van der Waals surface area contributed by atoms with E-state index >= 15 is 0 Å². The summed E-state index contributed by atoms with van der Waals surface area (Å²) in [6, 6.07) is 8.18. The molecule has 1 aromatic rings. The quantitative estimate of drug-likeness (QED) is 0.634. The van der Waals surface area contributed by atoms with Crippen molar-refractivity contribution in [2.24, 2.45) is 0 Å². The van der Waals surface area contributed by atoms with Crippen molar-refractivity contribution in [1.82, 2.24) is 0 Å². The van der Waals surface area contributed by atoms with Crippen molar-refractivity contribution < 1.29 is 4.79 Å². The zero-order chi connectivity index (χ0) is 8.39. The molecule has 0 aliphatic carbocycles. The van der Waals surface area contributed by atoms with Crippen LogP contribution in [0.1, 0.15) is 0 Å². The van der Waals surface area contributed by atoms with Crippen molar-refractivity contribution in [1.29, 1.82) is 0 Å². The highest BCUT2D eigenvalue weighted by molar-refractivity contribution is 8.04. The molecular formula is C9H8OS2. The average molecular weight is 196 g/mol. The SMILES string of the molecule is O=C1CSc2ccccc2SC1. The number of carbonyl (C=O) groups is 1. The molecule has 1 aliphatic heterocycles. The number of hydrogen-bond donors (Lipinski definition) is 0. The van der Waals surface area contributed by atoms with Crippen molar-refractivity contribution in [2.75, 3.05) is 11.5 Å². The first-order valence-electron chi connectivity index (χ1n) is 3.72. The zero-order valence-corrected chi connectivity index (χ0v) is 8.08. The Hall–Kier alpha value is -0.410. The molecule has 0 N–H and O–H groups in total. The number of ketones is 1. The minimum Gasteiger partial charge on any atom is -0.298 e. The molecule has 1 aliphatic rings. The Kier molecular flexibility index (Phi) is 2.42. The van der Waals surface area contributed by atoms with E-state index in [2.05, 4.69) is 12.1 Å². The van der Waals surface area contributed by atoms with Gasteiger partial charge in [0, 0.05) is 9.79 Å². The lowest BCUT2D eigenvalue weighted by Gasteiger charge is -2.00. The molecule has 0 saturated carbocycles. The highest BCUT2D eigenvalue weighted by Crippen LogP contribution is 2.33. The maximum Gasteiger partial charge on any atom is 0.153 e. The topological polar surface area (TPSA) is 17.1 Å². The highest BCUT2D eigenvalue weighted by Gasteiger charge is 2.12. The predicted octanol–water partition coefficient (Wildman–Crippen LogP) is 2.45. The van der Waals surface area contributed by atoms with Crippen molar-refractivity contribution in [3.05, 3.63) is 24.3 Å². The Balaban J connectivity index is 2.32. The van der Waals surface area contributed by atoms with Gasteiger partial charge >= 0.3 is 0 Å². The molecule has 0 fully saturated rings. The second-order valence-corrected chi connectivity index (χ2v) is 4.60. The van der Waals surface area contributed by atoms with Crippen LogP contribution in [0, 0.1) is 0 Å². The van der Waals surface area contributed by atoms with E-state index in [1.54, 1.807) is 23.5 Å². The van der Waals surface area contributed by atoms with Gasteiger partial charge in [-0.25, -0.2) is 0 Å². The molecule has 0 amide bonds. The molecule has 3 heteroatoms. The van der Waals surface area contributed by atoms with Gasteiger partial charge in [0.2, 0.25) is 0 Å². The Morgan fingerprint density at radius 2 is 1.50 bits per heavy atom. The third kappa shape index (κ3) is 1.67. The molecule has 0 bridgehead atoms. The van der Waals surface area contributed by atoms with Crippen LogP contribution in [0.4, 0.5) is 0 Å². The molecule has 1 aromatic carbocycles. The lowest BCUT2D eigenvalue weighted by molar-refractivity contribution is -0.114. The summed E-state index contributed by atoms with van der Waals surface area (Å²) >= 11 is 3.29. The van der Waals surface area contributed by atoms with E-state index in [-0.39, 0.29) is 0 Å². The number of thioether (sulfide) groups is 2. The molecule has 1 nitrogen and oxygen atoms in total. The van der Waals surface area contributed by atoms with Crippen molar-refractivity contribution in [3.8, 4) is 0 Å². The fraction of sp³-hybridized carbons (Fsp3) is 0.222. The second kappa shape index (κ2) is 3.54. The van der Waals surface area contributed by atoms with Crippen LogP contribution in [0.15, 0.2) is 34.1 Å². The number of carbonyl (C=O) groups excluding carboxylic acids is 1.